The van der Waals surface area contributed by atoms with Crippen LogP contribution in [0.3, 0.4) is 0 Å². The van der Waals surface area contributed by atoms with E-state index < -0.39 is 21.1 Å². The largest absolute Gasteiger partial charge is 0.488 e. The zero-order chi connectivity index (χ0) is 30.2. The van der Waals surface area contributed by atoms with Crippen molar-refractivity contribution in [2.45, 2.75) is 82.1 Å². The molecular formula is C30H39N7O4S. The molecule has 2 aliphatic rings. The number of hydrogen-bond donors (Lipinski definition) is 3. The summed E-state index contributed by atoms with van der Waals surface area (Å²) < 4.78 is 32.1. The van der Waals surface area contributed by atoms with Crippen LogP contribution in [0.5, 0.6) is 5.75 Å². The zero-order valence-corrected chi connectivity index (χ0v) is 25.5. The third-order valence-electron chi connectivity index (χ3n) is 7.92. The molecule has 1 saturated heterocycles. The first-order valence-electron chi connectivity index (χ1n) is 14.4. The molecule has 5 rings (SSSR count). The Labute approximate surface area is 247 Å². The lowest BCUT2D eigenvalue weighted by Crippen LogP contribution is -2.45. The number of likely N-dealkylation sites (tertiary alicyclic amines) is 1. The highest BCUT2D eigenvalue weighted by atomic mass is 32.2. The number of hydrogen-bond acceptors (Lipinski definition) is 10. The number of carbonyl (C=O) groups excluding carboxylic acids is 1. The van der Waals surface area contributed by atoms with Crippen LogP contribution >= 0.6 is 0 Å². The number of nitrogens with zero attached hydrogens (tertiary/aromatic N) is 4. The summed E-state index contributed by atoms with van der Waals surface area (Å²) >= 11 is 0. The van der Waals surface area contributed by atoms with Gasteiger partial charge in [-0.15, -0.1) is 0 Å². The van der Waals surface area contributed by atoms with Crippen molar-refractivity contribution in [2.75, 3.05) is 23.7 Å². The highest BCUT2D eigenvalue weighted by Crippen LogP contribution is 2.45. The normalized spacial score (nSPS) is 18.0. The van der Waals surface area contributed by atoms with Crippen LogP contribution < -0.4 is 21.1 Å². The van der Waals surface area contributed by atoms with Gasteiger partial charge < -0.3 is 26.0 Å². The van der Waals surface area contributed by atoms with E-state index >= 15 is 0 Å². The van der Waals surface area contributed by atoms with Crippen LogP contribution in [0.25, 0.3) is 0 Å². The molecule has 1 fully saturated rings. The van der Waals surface area contributed by atoms with E-state index in [4.69, 9.17) is 10.5 Å². The monoisotopic (exact) mass is 593 g/mol. The first-order valence-corrected chi connectivity index (χ1v) is 15.9. The Morgan fingerprint density at radius 2 is 1.71 bits per heavy atom. The molecule has 0 bridgehead atoms. The number of aromatic nitrogens is 3. The lowest BCUT2D eigenvalue weighted by molar-refractivity contribution is -0.133. The number of aryl methyl sites for hydroxylation is 1. The third-order valence-corrected chi connectivity index (χ3v) is 10.1. The quantitative estimate of drug-likeness (QED) is 0.346. The van der Waals surface area contributed by atoms with E-state index in [-0.39, 0.29) is 22.9 Å². The van der Waals surface area contributed by atoms with Gasteiger partial charge in [0.1, 0.15) is 18.2 Å². The van der Waals surface area contributed by atoms with Crippen molar-refractivity contribution in [3.63, 3.8) is 0 Å². The van der Waals surface area contributed by atoms with E-state index in [2.05, 4.69) is 45.5 Å². The van der Waals surface area contributed by atoms with E-state index in [1.807, 2.05) is 4.90 Å². The average molecular weight is 594 g/mol. The van der Waals surface area contributed by atoms with Gasteiger partial charge in [0.25, 0.3) is 0 Å². The lowest BCUT2D eigenvalue weighted by Gasteiger charge is -2.34. The number of anilines is 4. The Balaban J connectivity index is 1.39. The number of nitrogens with two attached hydrogens (primary N) is 1. The predicted octanol–water partition coefficient (Wildman–Crippen LogP) is 4.23. The summed E-state index contributed by atoms with van der Waals surface area (Å²) in [5.41, 5.74) is 10.6. The molecule has 2 atom stereocenters. The number of carbonyl (C=O) groups is 1. The van der Waals surface area contributed by atoms with Crippen molar-refractivity contribution < 1.29 is 17.9 Å². The van der Waals surface area contributed by atoms with Gasteiger partial charge in [0.15, 0.2) is 9.84 Å². The van der Waals surface area contributed by atoms with Crippen LogP contribution in [0.2, 0.25) is 0 Å². The van der Waals surface area contributed by atoms with Crippen molar-refractivity contribution in [3.05, 3.63) is 53.3 Å². The first-order chi connectivity index (χ1) is 20.0. The molecule has 0 spiro atoms. The number of nitrogens with one attached hydrogen (secondary N) is 2. The number of sulfone groups is 1. The van der Waals surface area contributed by atoms with Gasteiger partial charge in [0.2, 0.25) is 17.8 Å². The van der Waals surface area contributed by atoms with E-state index in [0.29, 0.717) is 30.6 Å². The van der Waals surface area contributed by atoms with Gasteiger partial charge in [0.05, 0.1) is 27.6 Å². The third kappa shape index (κ3) is 5.91. The van der Waals surface area contributed by atoms with Crippen LogP contribution in [0.1, 0.15) is 63.1 Å². The minimum atomic E-state index is -3.52. The predicted molar refractivity (Wildman–Crippen MR) is 162 cm³/mol. The topological polar surface area (TPSA) is 152 Å². The summed E-state index contributed by atoms with van der Waals surface area (Å²) in [6.07, 6.45) is 3.95. The highest BCUT2D eigenvalue weighted by molar-refractivity contribution is 7.92. The lowest BCUT2D eigenvalue weighted by atomic mass is 9.82. The standard InChI is InChI=1S/C30H39N7O4S/c1-17(2)42(39,40)25-9-7-6-8-23(25)34-29-32-16-33-30(36-29)35-24-14-18(3)26(22-15-19(4)41-27(22)24)21-10-12-37(13-11-21)28(38)20(5)31/h6-9,14,16-17,19-21H,10-13,15,31H2,1-5H3,(H2,32,33,34,35,36). The molecule has 0 aliphatic carbocycles. The second kappa shape index (κ2) is 11.8. The molecule has 1 amide bonds. The van der Waals surface area contributed by atoms with Gasteiger partial charge in [-0.1, -0.05) is 12.1 Å². The molecular weight excluding hydrogens is 554 g/mol. The first kappa shape index (κ1) is 29.7. The van der Waals surface area contributed by atoms with E-state index in [0.717, 1.165) is 36.3 Å². The summed E-state index contributed by atoms with van der Waals surface area (Å²) in [6, 6.07) is 8.29. The smallest absolute Gasteiger partial charge is 0.239 e. The van der Waals surface area contributed by atoms with Gasteiger partial charge in [-0.25, -0.2) is 18.4 Å². The molecule has 42 heavy (non-hydrogen) atoms. The van der Waals surface area contributed by atoms with Crippen molar-refractivity contribution in [3.8, 4) is 5.75 Å². The Morgan fingerprint density at radius 3 is 2.36 bits per heavy atom. The van der Waals surface area contributed by atoms with Crippen LogP contribution in [-0.4, -0.2) is 64.7 Å². The molecule has 224 valence electrons. The van der Waals surface area contributed by atoms with Crippen LogP contribution in [0.15, 0.2) is 41.6 Å². The fourth-order valence-corrected chi connectivity index (χ4v) is 7.02. The molecule has 3 heterocycles. The Morgan fingerprint density at radius 1 is 1.07 bits per heavy atom. The highest BCUT2D eigenvalue weighted by Gasteiger charge is 2.33. The van der Waals surface area contributed by atoms with Gasteiger partial charge in [-0.3, -0.25) is 4.79 Å². The molecule has 2 aliphatic heterocycles. The number of ether oxygens (including phenoxy) is 1. The summed E-state index contributed by atoms with van der Waals surface area (Å²) in [5.74, 6) is 1.64. The minimum Gasteiger partial charge on any atom is -0.488 e. The van der Waals surface area contributed by atoms with Gasteiger partial charge in [0, 0.05) is 25.1 Å². The van der Waals surface area contributed by atoms with Crippen molar-refractivity contribution in [2.24, 2.45) is 5.73 Å². The molecule has 0 radical (unpaired) electrons. The number of piperidine rings is 1. The van der Waals surface area contributed by atoms with Crippen LogP contribution in [-0.2, 0) is 21.1 Å². The molecule has 0 saturated carbocycles. The average Bonchev–Trinajstić information content (AvgIpc) is 3.34. The molecule has 2 aromatic carbocycles. The van der Waals surface area contributed by atoms with Crippen molar-refractivity contribution >= 4 is 39.0 Å². The molecule has 11 nitrogen and oxygen atoms in total. The fourth-order valence-electron chi connectivity index (χ4n) is 5.82. The summed E-state index contributed by atoms with van der Waals surface area (Å²) in [6.45, 7) is 10.6. The number of para-hydroxylation sites is 1. The molecule has 1 aromatic heterocycles. The summed E-state index contributed by atoms with van der Waals surface area (Å²) in [4.78, 5) is 27.5. The van der Waals surface area contributed by atoms with Crippen LogP contribution in [0, 0.1) is 6.92 Å². The molecule has 2 unspecified atom stereocenters. The summed E-state index contributed by atoms with van der Waals surface area (Å²) in [5, 5.41) is 5.79. The van der Waals surface area contributed by atoms with Gasteiger partial charge in [-0.2, -0.15) is 4.98 Å². The second-order valence-electron chi connectivity index (χ2n) is 11.5. The number of benzene rings is 2. The fraction of sp³-hybridized carbons (Fsp3) is 0.467. The van der Waals surface area contributed by atoms with Crippen molar-refractivity contribution in [1.82, 2.24) is 19.9 Å². The maximum atomic E-state index is 12.9. The zero-order valence-electron chi connectivity index (χ0n) is 24.7. The molecule has 3 aromatic rings. The van der Waals surface area contributed by atoms with Gasteiger partial charge in [-0.05, 0) is 82.7 Å². The Bertz CT molecular complexity index is 1580. The number of amides is 1. The summed E-state index contributed by atoms with van der Waals surface area (Å²) in [7, 11) is -3.52. The van der Waals surface area contributed by atoms with E-state index in [1.54, 1.807) is 45.0 Å². The molecule has 12 heteroatoms. The number of rotatable bonds is 8. The Kier molecular flexibility index (Phi) is 8.38. The van der Waals surface area contributed by atoms with E-state index in [9.17, 15) is 13.2 Å². The maximum Gasteiger partial charge on any atom is 0.239 e. The maximum absolute atomic E-state index is 12.9. The van der Waals surface area contributed by atoms with Crippen LogP contribution in [0.4, 0.5) is 23.3 Å². The molecule has 4 N–H and O–H groups in total. The number of fused-ring (bicyclic) bond motifs is 1. The van der Waals surface area contributed by atoms with Crippen molar-refractivity contribution in [1.29, 1.82) is 0 Å². The second-order valence-corrected chi connectivity index (χ2v) is 13.9. The Hall–Kier alpha value is -3.77. The SMILES string of the molecule is Cc1cc(Nc2ncnc(Nc3ccccc3S(=O)(=O)C(C)C)n2)c2c(c1C1CCN(C(=O)C(C)N)CC1)CC(C)O2. The van der Waals surface area contributed by atoms with E-state index in [1.165, 1.54) is 17.5 Å². The minimum absolute atomic E-state index is 0.00292. The van der Waals surface area contributed by atoms with Gasteiger partial charge >= 0.3 is 0 Å².